The number of benzene rings is 1. The quantitative estimate of drug-likeness (QED) is 0.244. The first-order chi connectivity index (χ1) is 17.4. The summed E-state index contributed by atoms with van der Waals surface area (Å²) in [6, 6.07) is 6.25. The highest BCUT2D eigenvalue weighted by Crippen LogP contribution is 2.35. The Balaban J connectivity index is 1.59. The molecule has 186 valence electrons. The Bertz CT molecular complexity index is 1400. The number of aromatic nitrogens is 3. The summed E-state index contributed by atoms with van der Waals surface area (Å²) in [7, 11) is 2.92. The van der Waals surface area contributed by atoms with Gasteiger partial charge >= 0.3 is 0 Å². The molecule has 12 heteroatoms. The molecule has 3 heterocycles. The summed E-state index contributed by atoms with van der Waals surface area (Å²) in [6.45, 7) is 0.586. The summed E-state index contributed by atoms with van der Waals surface area (Å²) in [4.78, 5) is 24.8. The van der Waals surface area contributed by atoms with Crippen molar-refractivity contribution in [1.29, 1.82) is 0 Å². The summed E-state index contributed by atoms with van der Waals surface area (Å²) in [5, 5.41) is 2.43. The van der Waals surface area contributed by atoms with Gasteiger partial charge in [-0.05, 0) is 6.07 Å². The van der Waals surface area contributed by atoms with Crippen LogP contribution in [0.25, 0.3) is 11.0 Å². The standard InChI is InChI=1S/C24H19ClF2N4O5/c1-33-7-8-35-20-11-17-21(31-23(20)25)19(4-6-29-17)36-22-15(26)9-13(10-16(22)27)30-24(32)14-12-28-5-3-18(14)34-2/h3-6,9-12H,7-8H2,1-2H3,(H,30,32). The topological polar surface area (TPSA) is 105 Å². The molecule has 1 amide bonds. The van der Waals surface area contributed by atoms with Crippen LogP contribution >= 0.6 is 11.6 Å². The van der Waals surface area contributed by atoms with Gasteiger partial charge in [-0.1, -0.05) is 11.6 Å². The van der Waals surface area contributed by atoms with Crippen LogP contribution in [0, 0.1) is 11.6 Å². The van der Waals surface area contributed by atoms with Crippen molar-refractivity contribution in [1.82, 2.24) is 15.0 Å². The maximum atomic E-state index is 14.9. The lowest BCUT2D eigenvalue weighted by Crippen LogP contribution is -2.14. The fourth-order valence-electron chi connectivity index (χ4n) is 3.19. The Hall–Kier alpha value is -4.09. The minimum Gasteiger partial charge on any atom is -0.496 e. The Kier molecular flexibility index (Phi) is 7.71. The summed E-state index contributed by atoms with van der Waals surface area (Å²) >= 11 is 6.20. The molecule has 1 N–H and O–H groups in total. The molecular weight excluding hydrogens is 498 g/mol. The summed E-state index contributed by atoms with van der Waals surface area (Å²) in [6.07, 6.45) is 4.11. The third kappa shape index (κ3) is 5.42. The maximum Gasteiger partial charge on any atom is 0.261 e. The van der Waals surface area contributed by atoms with Gasteiger partial charge in [0.2, 0.25) is 0 Å². The van der Waals surface area contributed by atoms with E-state index < -0.39 is 23.3 Å². The molecule has 0 aliphatic carbocycles. The van der Waals surface area contributed by atoms with Gasteiger partial charge in [0.05, 0.1) is 24.8 Å². The second-order valence-electron chi connectivity index (χ2n) is 7.20. The Labute approximate surface area is 209 Å². The average Bonchev–Trinajstić information content (AvgIpc) is 2.86. The molecule has 36 heavy (non-hydrogen) atoms. The molecule has 1 aromatic carbocycles. The van der Waals surface area contributed by atoms with Crippen molar-refractivity contribution in [3.05, 3.63) is 71.3 Å². The fourth-order valence-corrected chi connectivity index (χ4v) is 3.39. The van der Waals surface area contributed by atoms with Crippen LogP contribution < -0.4 is 19.5 Å². The van der Waals surface area contributed by atoms with Crippen LogP contribution in [-0.4, -0.2) is 48.3 Å². The molecule has 4 aromatic rings. The van der Waals surface area contributed by atoms with Crippen LogP contribution in [0.5, 0.6) is 23.0 Å². The monoisotopic (exact) mass is 516 g/mol. The predicted octanol–water partition coefficient (Wildman–Crippen LogP) is 5.03. The van der Waals surface area contributed by atoms with Crippen LogP contribution in [0.3, 0.4) is 0 Å². The SMILES string of the molecule is COCCOc1cc2nccc(Oc3c(F)cc(NC(=O)c4cnccc4OC)cc3F)c2nc1Cl. The van der Waals surface area contributed by atoms with E-state index in [0.29, 0.717) is 12.1 Å². The highest BCUT2D eigenvalue weighted by Gasteiger charge is 2.19. The molecule has 0 saturated carbocycles. The predicted molar refractivity (Wildman–Crippen MR) is 127 cm³/mol. The van der Waals surface area contributed by atoms with Crippen LogP contribution in [0.2, 0.25) is 5.15 Å². The summed E-state index contributed by atoms with van der Waals surface area (Å²) < 4.78 is 50.8. The minimum absolute atomic E-state index is 0.0139. The van der Waals surface area contributed by atoms with E-state index in [0.717, 1.165) is 12.1 Å². The lowest BCUT2D eigenvalue weighted by molar-refractivity contribution is 0.102. The molecule has 3 aromatic heterocycles. The first-order valence-electron chi connectivity index (χ1n) is 10.4. The number of anilines is 1. The van der Waals surface area contributed by atoms with Crippen molar-refractivity contribution in [2.24, 2.45) is 0 Å². The molecule has 0 saturated heterocycles. The Morgan fingerprint density at radius 2 is 1.78 bits per heavy atom. The number of carbonyl (C=O) groups excluding carboxylic acids is 1. The van der Waals surface area contributed by atoms with Crippen molar-refractivity contribution < 1.29 is 32.5 Å². The van der Waals surface area contributed by atoms with Crippen molar-refractivity contribution in [3.8, 4) is 23.0 Å². The zero-order chi connectivity index (χ0) is 25.7. The zero-order valence-electron chi connectivity index (χ0n) is 19.0. The first kappa shape index (κ1) is 25.0. The molecule has 4 rings (SSSR count). The highest BCUT2D eigenvalue weighted by atomic mass is 35.5. The molecule has 0 radical (unpaired) electrons. The highest BCUT2D eigenvalue weighted by molar-refractivity contribution is 6.31. The van der Waals surface area contributed by atoms with Gasteiger partial charge in [-0.25, -0.2) is 13.8 Å². The number of carbonyl (C=O) groups is 1. The van der Waals surface area contributed by atoms with Crippen LogP contribution in [0.4, 0.5) is 14.5 Å². The molecular formula is C24H19ClF2N4O5. The molecule has 0 aliphatic heterocycles. The first-order valence-corrected chi connectivity index (χ1v) is 10.8. The zero-order valence-corrected chi connectivity index (χ0v) is 19.8. The fraction of sp³-hybridized carbons (Fsp3) is 0.167. The lowest BCUT2D eigenvalue weighted by atomic mass is 10.2. The number of fused-ring (bicyclic) bond motifs is 1. The van der Waals surface area contributed by atoms with E-state index in [1.807, 2.05) is 0 Å². The molecule has 0 spiro atoms. The lowest BCUT2D eigenvalue weighted by Gasteiger charge is -2.13. The second-order valence-corrected chi connectivity index (χ2v) is 7.55. The van der Waals surface area contributed by atoms with Crippen molar-refractivity contribution >= 4 is 34.2 Å². The van der Waals surface area contributed by atoms with Crippen LogP contribution in [0.1, 0.15) is 10.4 Å². The molecule has 0 aliphatic rings. The molecule has 0 atom stereocenters. The molecule has 0 unspecified atom stereocenters. The van der Waals surface area contributed by atoms with Crippen molar-refractivity contribution in [2.75, 3.05) is 32.8 Å². The number of ether oxygens (including phenoxy) is 4. The van der Waals surface area contributed by atoms with E-state index in [1.165, 1.54) is 51.0 Å². The van der Waals surface area contributed by atoms with Gasteiger partial charge in [-0.3, -0.25) is 14.8 Å². The van der Waals surface area contributed by atoms with E-state index in [1.54, 1.807) is 0 Å². The van der Waals surface area contributed by atoms with Crippen LogP contribution in [0.15, 0.2) is 48.9 Å². The number of hydrogen-bond donors (Lipinski definition) is 1. The molecule has 0 bridgehead atoms. The number of halogens is 3. The van der Waals surface area contributed by atoms with Gasteiger partial charge in [-0.15, -0.1) is 0 Å². The molecule has 0 fully saturated rings. The second kappa shape index (κ2) is 11.1. The average molecular weight is 517 g/mol. The third-order valence-corrected chi connectivity index (χ3v) is 5.13. The van der Waals surface area contributed by atoms with Gasteiger partial charge in [-0.2, -0.15) is 0 Å². The summed E-state index contributed by atoms with van der Waals surface area (Å²) in [5.74, 6) is -2.93. The normalized spacial score (nSPS) is 10.8. The molecule has 9 nitrogen and oxygen atoms in total. The Morgan fingerprint density at radius 1 is 1.03 bits per heavy atom. The van der Waals surface area contributed by atoms with Crippen molar-refractivity contribution in [2.45, 2.75) is 0 Å². The van der Waals surface area contributed by atoms with Gasteiger partial charge < -0.3 is 24.3 Å². The van der Waals surface area contributed by atoms with Crippen LogP contribution in [-0.2, 0) is 4.74 Å². The maximum absolute atomic E-state index is 14.9. The van der Waals surface area contributed by atoms with Gasteiger partial charge in [0.25, 0.3) is 5.91 Å². The number of nitrogens with one attached hydrogen (secondary N) is 1. The van der Waals surface area contributed by atoms with E-state index in [9.17, 15) is 13.6 Å². The van der Waals surface area contributed by atoms with E-state index in [-0.39, 0.29) is 45.8 Å². The van der Waals surface area contributed by atoms with Gasteiger partial charge in [0, 0.05) is 55.7 Å². The minimum atomic E-state index is -1.06. The van der Waals surface area contributed by atoms with E-state index in [2.05, 4.69) is 20.3 Å². The van der Waals surface area contributed by atoms with E-state index >= 15 is 0 Å². The summed E-state index contributed by atoms with van der Waals surface area (Å²) in [5.41, 5.74) is 0.464. The van der Waals surface area contributed by atoms with Gasteiger partial charge in [0.1, 0.15) is 17.9 Å². The number of amides is 1. The largest absolute Gasteiger partial charge is 0.496 e. The number of nitrogens with zero attached hydrogens (tertiary/aromatic N) is 3. The van der Waals surface area contributed by atoms with E-state index in [4.69, 9.17) is 30.5 Å². The van der Waals surface area contributed by atoms with Gasteiger partial charge in [0.15, 0.2) is 34.0 Å². The van der Waals surface area contributed by atoms with Crippen molar-refractivity contribution in [3.63, 3.8) is 0 Å². The smallest absolute Gasteiger partial charge is 0.261 e. The number of rotatable bonds is 9. The number of hydrogen-bond acceptors (Lipinski definition) is 8. The Morgan fingerprint density at radius 3 is 2.50 bits per heavy atom. The number of pyridine rings is 3. The third-order valence-electron chi connectivity index (χ3n) is 4.86. The number of methoxy groups -OCH3 is 2.